The van der Waals surface area contributed by atoms with Gasteiger partial charge in [0.2, 0.25) is 6.79 Å². The molecule has 1 amide bonds. The van der Waals surface area contributed by atoms with Crippen LogP contribution in [0.2, 0.25) is 0 Å². The Morgan fingerprint density at radius 1 is 1.12 bits per heavy atom. The number of benzene rings is 2. The third-order valence-corrected chi connectivity index (χ3v) is 3.90. The van der Waals surface area contributed by atoms with E-state index in [1.54, 1.807) is 24.3 Å². The van der Waals surface area contributed by atoms with E-state index in [1.807, 2.05) is 25.1 Å². The van der Waals surface area contributed by atoms with E-state index in [4.69, 9.17) is 14.2 Å². The highest BCUT2D eigenvalue weighted by atomic mass is 16.7. The van der Waals surface area contributed by atoms with Gasteiger partial charge in [0.05, 0.1) is 6.04 Å². The Kier molecular flexibility index (Phi) is 4.88. The molecular formula is C19H19NO5. The predicted octanol–water partition coefficient (Wildman–Crippen LogP) is 2.87. The van der Waals surface area contributed by atoms with Crippen LogP contribution in [-0.4, -0.2) is 25.1 Å². The number of hydrogen-bond acceptors (Lipinski definition) is 5. The fourth-order valence-electron chi connectivity index (χ4n) is 2.48. The first-order valence-electron chi connectivity index (χ1n) is 7.95. The Bertz CT molecular complexity index is 785. The van der Waals surface area contributed by atoms with Crippen LogP contribution in [0, 0.1) is 0 Å². The van der Waals surface area contributed by atoms with Gasteiger partial charge in [0.1, 0.15) is 5.75 Å². The van der Waals surface area contributed by atoms with Gasteiger partial charge in [-0.25, -0.2) is 0 Å². The van der Waals surface area contributed by atoms with Gasteiger partial charge in [0.15, 0.2) is 23.9 Å². The molecule has 1 heterocycles. The first-order chi connectivity index (χ1) is 12.0. The molecule has 0 aliphatic carbocycles. The molecule has 1 aliphatic rings. The second-order valence-corrected chi connectivity index (χ2v) is 5.77. The Labute approximate surface area is 145 Å². The number of Topliss-reactive ketones (excluding diaryl/α,β-unsaturated/α-hetero) is 1. The Morgan fingerprint density at radius 3 is 2.56 bits per heavy atom. The highest BCUT2D eigenvalue weighted by molar-refractivity contribution is 5.94. The zero-order valence-corrected chi connectivity index (χ0v) is 14.1. The van der Waals surface area contributed by atoms with E-state index >= 15 is 0 Å². The van der Waals surface area contributed by atoms with Crippen molar-refractivity contribution in [2.45, 2.75) is 19.9 Å². The van der Waals surface area contributed by atoms with Gasteiger partial charge in [-0.05, 0) is 55.8 Å². The van der Waals surface area contributed by atoms with Crippen molar-refractivity contribution in [2.24, 2.45) is 0 Å². The molecule has 1 atom stereocenters. The molecule has 1 aliphatic heterocycles. The van der Waals surface area contributed by atoms with Gasteiger partial charge >= 0.3 is 0 Å². The number of fused-ring (bicyclic) bond motifs is 1. The molecule has 0 radical (unpaired) electrons. The lowest BCUT2D eigenvalue weighted by atomic mass is 10.1. The molecule has 0 saturated heterocycles. The highest BCUT2D eigenvalue weighted by Gasteiger charge is 2.17. The second-order valence-electron chi connectivity index (χ2n) is 5.77. The molecule has 6 nitrogen and oxygen atoms in total. The predicted molar refractivity (Wildman–Crippen MR) is 91.1 cm³/mol. The van der Waals surface area contributed by atoms with E-state index in [9.17, 15) is 9.59 Å². The van der Waals surface area contributed by atoms with E-state index in [2.05, 4.69) is 5.32 Å². The number of carbonyl (C=O) groups is 2. The smallest absolute Gasteiger partial charge is 0.258 e. The molecular weight excluding hydrogens is 322 g/mol. The summed E-state index contributed by atoms with van der Waals surface area (Å²) < 4.78 is 16.1. The van der Waals surface area contributed by atoms with Crippen molar-refractivity contribution in [3.8, 4) is 17.2 Å². The van der Waals surface area contributed by atoms with E-state index < -0.39 is 0 Å². The number of nitrogens with one attached hydrogen (secondary N) is 1. The van der Waals surface area contributed by atoms with Crippen LogP contribution in [0.1, 0.15) is 35.8 Å². The largest absolute Gasteiger partial charge is 0.484 e. The normalized spacial score (nSPS) is 13.2. The summed E-state index contributed by atoms with van der Waals surface area (Å²) in [5, 5.41) is 2.87. The van der Waals surface area contributed by atoms with Gasteiger partial charge < -0.3 is 19.5 Å². The molecule has 130 valence electrons. The van der Waals surface area contributed by atoms with Gasteiger partial charge in [-0.3, -0.25) is 9.59 Å². The molecule has 0 unspecified atom stereocenters. The lowest BCUT2D eigenvalue weighted by molar-refractivity contribution is -0.123. The maximum Gasteiger partial charge on any atom is 0.258 e. The van der Waals surface area contributed by atoms with Crippen molar-refractivity contribution in [1.82, 2.24) is 5.32 Å². The SMILES string of the molecule is CC(=O)c1ccc(OCC(=O)N[C@H](C)c2ccc3c(c2)OCO3)cc1. The van der Waals surface area contributed by atoms with Crippen LogP contribution in [-0.2, 0) is 4.79 Å². The lowest BCUT2D eigenvalue weighted by Gasteiger charge is -2.15. The standard InChI is InChI=1S/C19H19NO5/c1-12(15-5-8-17-18(9-15)25-11-24-17)20-19(22)10-23-16-6-3-14(4-7-16)13(2)21/h3-9,12H,10-11H2,1-2H3,(H,20,22)/t12-/m1/s1. The number of carbonyl (C=O) groups excluding carboxylic acids is 2. The molecule has 3 rings (SSSR count). The minimum atomic E-state index is -0.235. The Balaban J connectivity index is 1.52. The average molecular weight is 341 g/mol. The van der Waals surface area contributed by atoms with Crippen LogP contribution in [0.25, 0.3) is 0 Å². The van der Waals surface area contributed by atoms with Gasteiger partial charge in [-0.1, -0.05) is 6.07 Å². The van der Waals surface area contributed by atoms with Crippen LogP contribution in [0.15, 0.2) is 42.5 Å². The number of rotatable bonds is 6. The summed E-state index contributed by atoms with van der Waals surface area (Å²) in [6.07, 6.45) is 0. The van der Waals surface area contributed by atoms with Crippen molar-refractivity contribution < 1.29 is 23.8 Å². The monoisotopic (exact) mass is 341 g/mol. The third kappa shape index (κ3) is 4.09. The molecule has 6 heteroatoms. The second kappa shape index (κ2) is 7.25. The number of hydrogen-bond donors (Lipinski definition) is 1. The lowest BCUT2D eigenvalue weighted by Crippen LogP contribution is -2.31. The molecule has 0 bridgehead atoms. The third-order valence-electron chi connectivity index (χ3n) is 3.90. The Morgan fingerprint density at radius 2 is 1.84 bits per heavy atom. The van der Waals surface area contributed by atoms with Crippen molar-refractivity contribution in [2.75, 3.05) is 13.4 Å². The fourth-order valence-corrected chi connectivity index (χ4v) is 2.48. The molecule has 0 spiro atoms. The van der Waals surface area contributed by atoms with Crippen molar-refractivity contribution in [3.63, 3.8) is 0 Å². The number of ether oxygens (including phenoxy) is 3. The highest BCUT2D eigenvalue weighted by Crippen LogP contribution is 2.34. The minimum Gasteiger partial charge on any atom is -0.484 e. The van der Waals surface area contributed by atoms with Crippen LogP contribution in [0.5, 0.6) is 17.2 Å². The van der Waals surface area contributed by atoms with Crippen LogP contribution >= 0.6 is 0 Å². The molecule has 0 saturated carbocycles. The Hall–Kier alpha value is -3.02. The zero-order valence-electron chi connectivity index (χ0n) is 14.1. The van der Waals surface area contributed by atoms with Crippen molar-refractivity contribution >= 4 is 11.7 Å². The first-order valence-corrected chi connectivity index (χ1v) is 7.95. The van der Waals surface area contributed by atoms with Crippen LogP contribution < -0.4 is 19.5 Å². The first kappa shape index (κ1) is 16.8. The number of ketones is 1. The van der Waals surface area contributed by atoms with Crippen molar-refractivity contribution in [1.29, 1.82) is 0 Å². The molecule has 2 aromatic carbocycles. The summed E-state index contributed by atoms with van der Waals surface area (Å²) in [7, 11) is 0. The summed E-state index contributed by atoms with van der Waals surface area (Å²) in [4.78, 5) is 23.3. The molecule has 2 aromatic rings. The van der Waals surface area contributed by atoms with Crippen molar-refractivity contribution in [3.05, 3.63) is 53.6 Å². The zero-order chi connectivity index (χ0) is 17.8. The minimum absolute atomic E-state index is 0.0122. The van der Waals surface area contributed by atoms with Gasteiger partial charge in [0, 0.05) is 5.56 Å². The maximum absolute atomic E-state index is 12.1. The number of amides is 1. The maximum atomic E-state index is 12.1. The summed E-state index contributed by atoms with van der Waals surface area (Å²) in [6, 6.07) is 12.1. The summed E-state index contributed by atoms with van der Waals surface area (Å²) in [6.45, 7) is 3.50. The molecule has 0 aromatic heterocycles. The van der Waals surface area contributed by atoms with E-state index in [1.165, 1.54) is 6.92 Å². The van der Waals surface area contributed by atoms with E-state index in [-0.39, 0.29) is 31.1 Å². The fraction of sp³-hybridized carbons (Fsp3) is 0.263. The van der Waals surface area contributed by atoms with E-state index in [0.29, 0.717) is 22.8 Å². The van der Waals surface area contributed by atoms with Crippen LogP contribution in [0.3, 0.4) is 0 Å². The van der Waals surface area contributed by atoms with Crippen LogP contribution in [0.4, 0.5) is 0 Å². The quantitative estimate of drug-likeness (QED) is 0.818. The van der Waals surface area contributed by atoms with Gasteiger partial charge in [0.25, 0.3) is 5.91 Å². The summed E-state index contributed by atoms with van der Waals surface area (Å²) in [5.41, 5.74) is 1.52. The molecule has 0 fully saturated rings. The van der Waals surface area contributed by atoms with E-state index in [0.717, 1.165) is 5.56 Å². The van der Waals surface area contributed by atoms with Gasteiger partial charge in [-0.15, -0.1) is 0 Å². The summed E-state index contributed by atoms with van der Waals surface area (Å²) >= 11 is 0. The van der Waals surface area contributed by atoms with Gasteiger partial charge in [-0.2, -0.15) is 0 Å². The molecule has 1 N–H and O–H groups in total. The molecule has 25 heavy (non-hydrogen) atoms. The average Bonchev–Trinajstić information content (AvgIpc) is 3.08. The summed E-state index contributed by atoms with van der Waals surface area (Å²) in [5.74, 6) is 1.68. The topological polar surface area (TPSA) is 73.9 Å².